The first-order valence-corrected chi connectivity index (χ1v) is 12.1. The van der Waals surface area contributed by atoms with E-state index < -0.39 is 11.8 Å². The van der Waals surface area contributed by atoms with Crippen LogP contribution in [0.4, 0.5) is 17.1 Å². The maximum absolute atomic E-state index is 12.7. The fraction of sp³-hybridized carbons (Fsp3) is 0.207. The molecule has 1 fully saturated rings. The van der Waals surface area contributed by atoms with Gasteiger partial charge in [-0.25, -0.2) is 0 Å². The summed E-state index contributed by atoms with van der Waals surface area (Å²) in [5.74, 6) is -0.894. The zero-order chi connectivity index (χ0) is 24.9. The predicted octanol–water partition coefficient (Wildman–Crippen LogP) is 5.01. The van der Waals surface area contributed by atoms with E-state index >= 15 is 0 Å². The molecule has 0 spiro atoms. The Balaban J connectivity index is 1.36. The largest absolute Gasteiger partial charge is 0.361 e. The SMILES string of the molecule is N#Cc1ccccc1Nc1ccc2c(c1)/C(=C/Nc1ccc(CN3CCCCC3)cc1)C(=O)NC2=O. The Hall–Kier alpha value is -4.41. The molecule has 2 heterocycles. The molecule has 3 aromatic carbocycles. The smallest absolute Gasteiger partial charge is 0.260 e. The van der Waals surface area contributed by atoms with Gasteiger partial charge in [0.05, 0.1) is 16.8 Å². The highest BCUT2D eigenvalue weighted by atomic mass is 16.2. The van der Waals surface area contributed by atoms with Gasteiger partial charge in [-0.1, -0.05) is 30.7 Å². The van der Waals surface area contributed by atoms with Gasteiger partial charge >= 0.3 is 0 Å². The van der Waals surface area contributed by atoms with Gasteiger partial charge in [-0.15, -0.1) is 0 Å². The normalized spacial score (nSPS) is 16.7. The van der Waals surface area contributed by atoms with Crippen molar-refractivity contribution in [2.24, 2.45) is 0 Å². The number of nitriles is 1. The maximum Gasteiger partial charge on any atom is 0.260 e. The highest BCUT2D eigenvalue weighted by Gasteiger charge is 2.27. The predicted molar refractivity (Wildman–Crippen MR) is 141 cm³/mol. The first kappa shape index (κ1) is 23.3. The molecule has 0 atom stereocenters. The average Bonchev–Trinajstić information content (AvgIpc) is 2.90. The summed E-state index contributed by atoms with van der Waals surface area (Å²) in [5, 5.41) is 18.2. The van der Waals surface area contributed by atoms with E-state index in [9.17, 15) is 14.9 Å². The second-order valence-corrected chi connectivity index (χ2v) is 9.06. The van der Waals surface area contributed by atoms with E-state index in [1.807, 2.05) is 24.3 Å². The van der Waals surface area contributed by atoms with Gasteiger partial charge in [-0.05, 0) is 74.0 Å². The molecular weight excluding hydrogens is 450 g/mol. The van der Waals surface area contributed by atoms with Crippen molar-refractivity contribution in [3.63, 3.8) is 0 Å². The number of carbonyl (C=O) groups excluding carboxylic acids is 2. The molecule has 0 aromatic heterocycles. The summed E-state index contributed by atoms with van der Waals surface area (Å²) in [5.41, 5.74) is 5.25. The summed E-state index contributed by atoms with van der Waals surface area (Å²) < 4.78 is 0. The van der Waals surface area contributed by atoms with Crippen molar-refractivity contribution in [3.8, 4) is 6.07 Å². The molecule has 0 bridgehead atoms. The Labute approximate surface area is 210 Å². The molecule has 7 nitrogen and oxygen atoms in total. The lowest BCUT2D eigenvalue weighted by Gasteiger charge is -2.26. The van der Waals surface area contributed by atoms with Gasteiger partial charge in [0, 0.05) is 35.2 Å². The van der Waals surface area contributed by atoms with Crippen LogP contribution in [0, 0.1) is 11.3 Å². The molecule has 180 valence electrons. The highest BCUT2D eigenvalue weighted by Crippen LogP contribution is 2.29. The van der Waals surface area contributed by atoms with E-state index in [0.717, 1.165) is 25.3 Å². The number of nitrogens with zero attached hydrogens (tertiary/aromatic N) is 2. The molecule has 5 rings (SSSR count). The number of nitrogens with one attached hydrogen (secondary N) is 3. The van der Waals surface area contributed by atoms with Crippen LogP contribution < -0.4 is 16.0 Å². The standard InChI is InChI=1S/C29H27N5O2/c30-17-21-6-2-3-7-27(21)32-23-12-13-24-25(16-23)26(29(36)33-28(24)35)18-31-22-10-8-20(9-11-22)19-34-14-4-1-5-15-34/h2-3,6-13,16,18,31-32H,1,4-5,14-15,19H2,(H,33,35,36)/b26-18-. The number of amides is 2. The number of hydrogen-bond acceptors (Lipinski definition) is 6. The van der Waals surface area contributed by atoms with E-state index in [4.69, 9.17) is 0 Å². The lowest BCUT2D eigenvalue weighted by molar-refractivity contribution is -0.114. The van der Waals surface area contributed by atoms with Crippen LogP contribution in [-0.4, -0.2) is 29.8 Å². The van der Waals surface area contributed by atoms with Gasteiger partial charge in [-0.3, -0.25) is 19.8 Å². The maximum atomic E-state index is 12.7. The summed E-state index contributed by atoms with van der Waals surface area (Å²) in [7, 11) is 0. The summed E-state index contributed by atoms with van der Waals surface area (Å²) in [6.07, 6.45) is 5.48. The minimum absolute atomic E-state index is 0.360. The van der Waals surface area contributed by atoms with Gasteiger partial charge < -0.3 is 10.6 Å². The number of fused-ring (bicyclic) bond motifs is 1. The average molecular weight is 478 g/mol. The number of piperidine rings is 1. The number of carbonyl (C=O) groups is 2. The molecule has 2 aliphatic heterocycles. The third-order valence-electron chi connectivity index (χ3n) is 6.54. The number of anilines is 3. The van der Waals surface area contributed by atoms with Gasteiger partial charge in [0.25, 0.3) is 11.8 Å². The third-order valence-corrected chi connectivity index (χ3v) is 6.54. The first-order valence-electron chi connectivity index (χ1n) is 12.1. The second kappa shape index (κ2) is 10.5. The minimum atomic E-state index is -0.462. The van der Waals surface area contributed by atoms with Crippen LogP contribution in [0.2, 0.25) is 0 Å². The van der Waals surface area contributed by atoms with E-state index in [1.54, 1.807) is 36.5 Å². The number of benzene rings is 3. The Bertz CT molecular complexity index is 1370. The third kappa shape index (κ3) is 5.14. The molecule has 1 saturated heterocycles. The van der Waals surface area contributed by atoms with Crippen molar-refractivity contribution in [2.45, 2.75) is 25.8 Å². The van der Waals surface area contributed by atoms with Crippen LogP contribution in [0.25, 0.3) is 5.57 Å². The fourth-order valence-corrected chi connectivity index (χ4v) is 4.63. The van der Waals surface area contributed by atoms with Gasteiger partial charge in [0.1, 0.15) is 6.07 Å². The molecule has 2 amide bonds. The van der Waals surface area contributed by atoms with Gasteiger partial charge in [0.15, 0.2) is 0 Å². The molecular formula is C29H27N5O2. The number of imide groups is 1. The molecule has 36 heavy (non-hydrogen) atoms. The summed E-state index contributed by atoms with van der Waals surface area (Å²) >= 11 is 0. The van der Waals surface area contributed by atoms with Crippen molar-refractivity contribution in [1.82, 2.24) is 10.2 Å². The molecule has 3 N–H and O–H groups in total. The number of likely N-dealkylation sites (tertiary alicyclic amines) is 1. The van der Waals surface area contributed by atoms with Crippen molar-refractivity contribution in [2.75, 3.05) is 23.7 Å². The Kier molecular flexibility index (Phi) is 6.78. The van der Waals surface area contributed by atoms with Gasteiger partial charge in [0.2, 0.25) is 0 Å². The van der Waals surface area contributed by atoms with Crippen molar-refractivity contribution in [3.05, 3.63) is 95.2 Å². The monoisotopic (exact) mass is 477 g/mol. The Morgan fingerprint density at radius 1 is 0.889 bits per heavy atom. The van der Waals surface area contributed by atoms with Gasteiger partial charge in [-0.2, -0.15) is 5.26 Å². The van der Waals surface area contributed by atoms with Crippen LogP contribution in [0.3, 0.4) is 0 Å². The zero-order valence-corrected chi connectivity index (χ0v) is 19.9. The first-order chi connectivity index (χ1) is 17.6. The van der Waals surface area contributed by atoms with Crippen molar-refractivity contribution in [1.29, 1.82) is 5.26 Å². The number of hydrogen-bond donors (Lipinski definition) is 3. The van der Waals surface area contributed by atoms with E-state index in [0.29, 0.717) is 33.6 Å². The highest BCUT2D eigenvalue weighted by molar-refractivity contribution is 6.31. The molecule has 0 aliphatic carbocycles. The van der Waals surface area contributed by atoms with Crippen molar-refractivity contribution >= 4 is 34.4 Å². The van der Waals surface area contributed by atoms with E-state index in [1.165, 1.54) is 24.8 Å². The van der Waals surface area contributed by atoms with Crippen LogP contribution in [-0.2, 0) is 11.3 Å². The summed E-state index contributed by atoms with van der Waals surface area (Å²) in [6.45, 7) is 3.25. The summed E-state index contributed by atoms with van der Waals surface area (Å²) in [6, 6.07) is 22.7. The summed E-state index contributed by atoms with van der Waals surface area (Å²) in [4.78, 5) is 27.6. The molecule has 7 heteroatoms. The lowest BCUT2D eigenvalue weighted by atomic mass is 9.94. The molecule has 0 saturated carbocycles. The van der Waals surface area contributed by atoms with E-state index in [2.05, 4.69) is 39.1 Å². The second-order valence-electron chi connectivity index (χ2n) is 9.06. The Morgan fingerprint density at radius 2 is 1.64 bits per heavy atom. The number of rotatable bonds is 6. The van der Waals surface area contributed by atoms with Crippen LogP contribution in [0.5, 0.6) is 0 Å². The minimum Gasteiger partial charge on any atom is -0.361 e. The van der Waals surface area contributed by atoms with Crippen LogP contribution in [0.15, 0.2) is 72.9 Å². The molecule has 3 aromatic rings. The molecule has 0 unspecified atom stereocenters. The zero-order valence-electron chi connectivity index (χ0n) is 19.9. The topological polar surface area (TPSA) is 97.3 Å². The molecule has 0 radical (unpaired) electrons. The molecule has 2 aliphatic rings. The quantitative estimate of drug-likeness (QED) is 0.341. The van der Waals surface area contributed by atoms with Crippen LogP contribution >= 0.6 is 0 Å². The van der Waals surface area contributed by atoms with E-state index in [-0.39, 0.29) is 0 Å². The fourth-order valence-electron chi connectivity index (χ4n) is 4.63. The Morgan fingerprint density at radius 3 is 2.42 bits per heavy atom. The number of para-hydroxylation sites is 1. The van der Waals surface area contributed by atoms with Crippen molar-refractivity contribution < 1.29 is 9.59 Å². The lowest BCUT2D eigenvalue weighted by Crippen LogP contribution is -2.36. The van der Waals surface area contributed by atoms with Crippen LogP contribution in [0.1, 0.15) is 46.3 Å².